The predicted molar refractivity (Wildman–Crippen MR) is 114 cm³/mol. The molecule has 1 heterocycles. The summed E-state index contributed by atoms with van der Waals surface area (Å²) < 4.78 is 75.1. The first kappa shape index (κ1) is 18.1. The van der Waals surface area contributed by atoms with Crippen molar-refractivity contribution in [3.8, 4) is 17.0 Å². The number of rotatable bonds is 10. The van der Waals surface area contributed by atoms with E-state index in [0.29, 0.717) is 30.9 Å². The van der Waals surface area contributed by atoms with Crippen LogP contribution in [0.3, 0.4) is 0 Å². The fourth-order valence-corrected chi connectivity index (χ4v) is 4.42. The van der Waals surface area contributed by atoms with Crippen LogP contribution in [-0.2, 0) is 21.3 Å². The van der Waals surface area contributed by atoms with E-state index in [1.807, 2.05) is 0 Å². The molecule has 0 saturated carbocycles. The van der Waals surface area contributed by atoms with E-state index in [-0.39, 0.29) is 22.7 Å². The van der Waals surface area contributed by atoms with E-state index in [1.165, 1.54) is 42.6 Å². The largest absolute Gasteiger partial charge is 0.493 e. The molecule has 0 atom stereocenters. The maximum atomic E-state index is 14.6. The maximum Gasteiger partial charge on any atom is 0.268 e. The molecule has 0 unspecified atom stereocenters. The number of ether oxygens (including phenoxy) is 2. The minimum atomic E-state index is -4.15. The molecule has 1 aromatic heterocycles. The van der Waals surface area contributed by atoms with Gasteiger partial charge in [0.1, 0.15) is 11.6 Å². The third-order valence-corrected chi connectivity index (χ3v) is 6.08. The van der Waals surface area contributed by atoms with E-state index in [2.05, 4.69) is 5.32 Å². The van der Waals surface area contributed by atoms with Crippen LogP contribution in [0.5, 0.6) is 5.75 Å². The van der Waals surface area contributed by atoms with Crippen LogP contribution in [-0.4, -0.2) is 39.7 Å². The van der Waals surface area contributed by atoms with Crippen LogP contribution in [0.15, 0.2) is 65.7 Å². The van der Waals surface area contributed by atoms with Crippen LogP contribution in [0.1, 0.15) is 16.1 Å². The van der Waals surface area contributed by atoms with Gasteiger partial charge in [0.05, 0.1) is 17.2 Å². The first-order chi connectivity index (χ1) is 15.6. The molecule has 30 heavy (non-hydrogen) atoms. The van der Waals surface area contributed by atoms with Gasteiger partial charge in [-0.1, -0.05) is 18.2 Å². The van der Waals surface area contributed by atoms with Crippen LogP contribution >= 0.6 is 0 Å². The molecule has 0 aliphatic rings. The van der Waals surface area contributed by atoms with Crippen LogP contribution in [0.25, 0.3) is 11.3 Å². The molecule has 0 spiro atoms. The molecule has 0 aliphatic carbocycles. The predicted octanol–water partition coefficient (Wildman–Crippen LogP) is 3.67. The highest BCUT2D eigenvalue weighted by molar-refractivity contribution is 7.90. The van der Waals surface area contributed by atoms with Gasteiger partial charge in [-0.05, 0) is 42.9 Å². The Bertz CT molecular complexity index is 1200. The number of hydrogen-bond donors (Lipinski definition) is 1. The average molecular weight is 436 g/mol. The van der Waals surface area contributed by atoms with Gasteiger partial charge in [0.25, 0.3) is 10.0 Å². The molecule has 2 aromatic carbocycles. The fraction of sp³-hybridized carbons (Fsp3) is 0.273. The Kier molecular flexibility index (Phi) is 5.97. The van der Waals surface area contributed by atoms with E-state index in [4.69, 9.17) is 13.6 Å². The summed E-state index contributed by atoms with van der Waals surface area (Å²) >= 11 is 0. The Labute approximate surface area is 180 Å². The second-order valence-corrected chi connectivity index (χ2v) is 8.35. The van der Waals surface area contributed by atoms with Crippen molar-refractivity contribution in [3.63, 3.8) is 0 Å². The molecule has 0 aliphatic heterocycles. The number of nitrogens with zero attached hydrogens (tertiary/aromatic N) is 1. The number of nitrogens with one attached hydrogen (secondary N) is 1. The Morgan fingerprint density at radius 1 is 1.13 bits per heavy atom. The number of benzene rings is 2. The van der Waals surface area contributed by atoms with Crippen molar-refractivity contribution in [2.75, 3.05) is 27.3 Å². The second kappa shape index (κ2) is 9.88. The summed E-state index contributed by atoms with van der Waals surface area (Å²) in [6, 6.07) is 13.3. The Morgan fingerprint density at radius 3 is 2.73 bits per heavy atom. The summed E-state index contributed by atoms with van der Waals surface area (Å²) in [5.74, 6) is -0.228. The zero-order valence-electron chi connectivity index (χ0n) is 19.5. The number of hydrogen-bond acceptors (Lipinski definition) is 5. The van der Waals surface area contributed by atoms with E-state index in [0.717, 1.165) is 3.97 Å². The summed E-state index contributed by atoms with van der Waals surface area (Å²) in [5.41, 5.74) is 0.537. The van der Waals surface area contributed by atoms with Crippen molar-refractivity contribution in [1.29, 1.82) is 0 Å². The highest BCUT2D eigenvalue weighted by atomic mass is 32.2. The molecular weight excluding hydrogens is 407 g/mol. The summed E-state index contributed by atoms with van der Waals surface area (Å²) in [7, 11) is -2.57. The lowest BCUT2D eigenvalue weighted by molar-refractivity contribution is 0.172. The lowest BCUT2D eigenvalue weighted by Crippen LogP contribution is -2.14. The lowest BCUT2D eigenvalue weighted by Gasteiger charge is -2.13. The molecule has 0 fully saturated rings. The first-order valence-corrected chi connectivity index (χ1v) is 10.7. The SMILES string of the molecule is [2H]C([2H])([2H])NCc1cc(-c2ccccc2F)n(S(=O)(=O)c2cccc(OCCCOC)c2)c1. The minimum absolute atomic E-state index is 0.0461. The lowest BCUT2D eigenvalue weighted by atomic mass is 10.1. The van der Waals surface area contributed by atoms with E-state index < -0.39 is 22.8 Å². The number of methoxy groups -OCH3 is 1. The van der Waals surface area contributed by atoms with Crippen LogP contribution in [0.2, 0.25) is 0 Å². The van der Waals surface area contributed by atoms with Gasteiger partial charge >= 0.3 is 0 Å². The highest BCUT2D eigenvalue weighted by Crippen LogP contribution is 2.30. The molecule has 160 valence electrons. The Morgan fingerprint density at radius 2 is 1.97 bits per heavy atom. The average Bonchev–Trinajstić information content (AvgIpc) is 3.20. The molecule has 0 saturated heterocycles. The molecule has 0 radical (unpaired) electrons. The van der Waals surface area contributed by atoms with Gasteiger partial charge in [-0.15, -0.1) is 0 Å². The smallest absolute Gasteiger partial charge is 0.268 e. The molecule has 8 heteroatoms. The molecule has 6 nitrogen and oxygen atoms in total. The van der Waals surface area contributed by atoms with Crippen molar-refractivity contribution in [2.24, 2.45) is 0 Å². The summed E-state index contributed by atoms with van der Waals surface area (Å²) in [5, 5.41) is 2.35. The van der Waals surface area contributed by atoms with E-state index in [9.17, 15) is 12.8 Å². The molecule has 1 N–H and O–H groups in total. The Hall–Kier alpha value is -2.68. The zero-order chi connectivity index (χ0) is 24.1. The maximum absolute atomic E-state index is 14.6. The summed E-state index contributed by atoms with van der Waals surface area (Å²) in [4.78, 5) is -0.0461. The van der Waals surface area contributed by atoms with Gasteiger partial charge in [-0.3, -0.25) is 0 Å². The van der Waals surface area contributed by atoms with Gasteiger partial charge in [-0.25, -0.2) is 16.8 Å². The van der Waals surface area contributed by atoms with Crippen molar-refractivity contribution in [3.05, 3.63) is 72.2 Å². The third kappa shape index (κ3) is 4.89. The molecule has 3 aromatic rings. The van der Waals surface area contributed by atoms with Crippen molar-refractivity contribution in [1.82, 2.24) is 9.29 Å². The minimum Gasteiger partial charge on any atom is -0.493 e. The van der Waals surface area contributed by atoms with Crippen LogP contribution in [0.4, 0.5) is 4.39 Å². The summed E-state index contributed by atoms with van der Waals surface area (Å²) in [6.45, 7) is -1.66. The molecule has 3 rings (SSSR count). The van der Waals surface area contributed by atoms with Crippen molar-refractivity contribution in [2.45, 2.75) is 17.9 Å². The first-order valence-electron chi connectivity index (χ1n) is 10.8. The molecule has 0 bridgehead atoms. The highest BCUT2D eigenvalue weighted by Gasteiger charge is 2.23. The molecular formula is C22H25FN2O4S. The zero-order valence-corrected chi connectivity index (χ0v) is 17.3. The normalized spacial score (nSPS) is 13.5. The van der Waals surface area contributed by atoms with E-state index in [1.54, 1.807) is 25.3 Å². The van der Waals surface area contributed by atoms with Crippen LogP contribution in [0, 0.1) is 5.82 Å². The fourth-order valence-electron chi connectivity index (χ4n) is 2.99. The van der Waals surface area contributed by atoms with E-state index >= 15 is 0 Å². The van der Waals surface area contributed by atoms with Gasteiger partial charge in [0, 0.05) is 48.6 Å². The topological polar surface area (TPSA) is 69.6 Å². The van der Waals surface area contributed by atoms with Crippen molar-refractivity contribution >= 4 is 10.0 Å². The van der Waals surface area contributed by atoms with Crippen molar-refractivity contribution < 1.29 is 26.4 Å². The quantitative estimate of drug-likeness (QED) is 0.492. The standard InChI is InChI=1S/C22H25FN2O4S/c1-24-15-17-13-22(20-9-3-4-10-21(20)23)25(16-17)30(26,27)19-8-5-7-18(14-19)29-12-6-11-28-2/h3-5,7-10,13-14,16,24H,6,11-12,15H2,1-2H3/i1D3. The third-order valence-electron chi connectivity index (χ3n) is 4.41. The van der Waals surface area contributed by atoms with Gasteiger partial charge in [-0.2, -0.15) is 0 Å². The molecule has 0 amide bonds. The number of halogens is 1. The van der Waals surface area contributed by atoms with Crippen LogP contribution < -0.4 is 10.1 Å². The Balaban J connectivity index is 2.01. The monoisotopic (exact) mass is 435 g/mol. The second-order valence-electron chi connectivity index (χ2n) is 6.54. The summed E-state index contributed by atoms with van der Waals surface area (Å²) in [6.07, 6.45) is 1.93. The van der Waals surface area contributed by atoms with Gasteiger partial charge < -0.3 is 14.8 Å². The van der Waals surface area contributed by atoms with Gasteiger partial charge in [0.2, 0.25) is 0 Å². The van der Waals surface area contributed by atoms with Gasteiger partial charge in [0.15, 0.2) is 0 Å². The number of aromatic nitrogens is 1.